The van der Waals surface area contributed by atoms with Crippen LogP contribution in [0.4, 0.5) is 11.4 Å². The van der Waals surface area contributed by atoms with Crippen LogP contribution in [0.25, 0.3) is 17.4 Å². The number of amides is 1. The lowest BCUT2D eigenvalue weighted by Crippen LogP contribution is -2.28. The van der Waals surface area contributed by atoms with E-state index < -0.39 is 0 Å². The fraction of sp³-hybridized carbons (Fsp3) is 0.0714. The molecule has 4 nitrogen and oxygen atoms in total. The maximum Gasteiger partial charge on any atom is 0.271 e. The summed E-state index contributed by atoms with van der Waals surface area (Å²) in [5, 5.41) is 1.27. The van der Waals surface area contributed by atoms with Crippen LogP contribution in [-0.2, 0) is 4.79 Å². The molecule has 1 aromatic heterocycles. The van der Waals surface area contributed by atoms with Gasteiger partial charge in [-0.3, -0.25) is 9.69 Å². The first kappa shape index (κ1) is 22.3. The van der Waals surface area contributed by atoms with E-state index in [1.807, 2.05) is 98.8 Å². The van der Waals surface area contributed by atoms with Gasteiger partial charge in [-0.15, -0.1) is 0 Å². The number of amidine groups is 1. The number of rotatable bonds is 4. The van der Waals surface area contributed by atoms with Crippen LogP contribution < -0.4 is 4.90 Å². The molecule has 0 spiro atoms. The number of aliphatic imine (C=N–C) groups is 1. The first-order chi connectivity index (χ1) is 16.5. The molecular weight excluding hydrogens is 464 g/mol. The fourth-order valence-electron chi connectivity index (χ4n) is 3.53. The Labute approximate surface area is 207 Å². The molecule has 6 heteroatoms. The lowest BCUT2D eigenvalue weighted by atomic mass is 10.2. The van der Waals surface area contributed by atoms with Gasteiger partial charge in [0.1, 0.15) is 11.5 Å². The zero-order chi connectivity index (χ0) is 23.7. The average molecular weight is 485 g/mol. The van der Waals surface area contributed by atoms with Crippen LogP contribution in [0.1, 0.15) is 16.9 Å². The van der Waals surface area contributed by atoms with Crippen molar-refractivity contribution in [2.75, 3.05) is 4.90 Å². The Kier molecular flexibility index (Phi) is 6.14. The molecule has 0 N–H and O–H groups in total. The molecule has 1 aliphatic rings. The van der Waals surface area contributed by atoms with Crippen molar-refractivity contribution in [3.8, 4) is 11.3 Å². The van der Waals surface area contributed by atoms with Gasteiger partial charge in [0.05, 0.1) is 16.3 Å². The highest BCUT2D eigenvalue weighted by molar-refractivity contribution is 8.19. The zero-order valence-corrected chi connectivity index (χ0v) is 20.2. The van der Waals surface area contributed by atoms with Gasteiger partial charge in [-0.1, -0.05) is 47.0 Å². The second-order valence-electron chi connectivity index (χ2n) is 8.03. The normalized spacial score (nSPS) is 16.1. The molecule has 0 radical (unpaired) electrons. The minimum Gasteiger partial charge on any atom is -0.457 e. The minimum atomic E-state index is -0.135. The Morgan fingerprint density at radius 2 is 1.50 bits per heavy atom. The number of carbonyl (C=O) groups excluding carboxylic acids is 1. The van der Waals surface area contributed by atoms with Crippen molar-refractivity contribution >= 4 is 51.9 Å². The summed E-state index contributed by atoms with van der Waals surface area (Å²) >= 11 is 7.33. The average Bonchev–Trinajstić information content (AvgIpc) is 3.41. The molecule has 168 valence electrons. The van der Waals surface area contributed by atoms with Crippen LogP contribution in [0.5, 0.6) is 0 Å². The maximum atomic E-state index is 13.5. The number of hydrogen-bond donors (Lipinski definition) is 0. The number of benzene rings is 3. The lowest BCUT2D eigenvalue weighted by Gasteiger charge is -2.16. The molecule has 34 heavy (non-hydrogen) atoms. The Bertz CT molecular complexity index is 1400. The van der Waals surface area contributed by atoms with E-state index in [0.29, 0.717) is 26.6 Å². The number of halogens is 1. The molecule has 0 aliphatic carbocycles. The number of anilines is 1. The third kappa shape index (κ3) is 4.72. The lowest BCUT2D eigenvalue weighted by molar-refractivity contribution is -0.113. The molecular formula is C28H21ClN2O2S. The van der Waals surface area contributed by atoms with Crippen LogP contribution in [0.15, 0.2) is 99.2 Å². The van der Waals surface area contributed by atoms with Gasteiger partial charge < -0.3 is 4.42 Å². The monoisotopic (exact) mass is 484 g/mol. The molecule has 0 bridgehead atoms. The van der Waals surface area contributed by atoms with Gasteiger partial charge in [-0.25, -0.2) is 4.99 Å². The van der Waals surface area contributed by atoms with Crippen LogP contribution in [0.2, 0.25) is 5.02 Å². The summed E-state index contributed by atoms with van der Waals surface area (Å²) < 4.78 is 6.00. The van der Waals surface area contributed by atoms with Crippen molar-refractivity contribution in [2.24, 2.45) is 4.99 Å². The summed E-state index contributed by atoms with van der Waals surface area (Å²) in [7, 11) is 0. The standard InChI is InChI=1S/C28H21ClN2O2S/c1-18-3-11-22(12-4-18)30-28-31(23-13-5-19(2)6-14-23)27(32)26(34-28)17-24-15-16-25(33-24)20-7-9-21(29)10-8-20/h3-17H,1-2H3. The maximum absolute atomic E-state index is 13.5. The number of hydrogen-bond acceptors (Lipinski definition) is 4. The highest BCUT2D eigenvalue weighted by Crippen LogP contribution is 2.38. The summed E-state index contributed by atoms with van der Waals surface area (Å²) in [6.45, 7) is 4.05. The van der Waals surface area contributed by atoms with Gasteiger partial charge in [-0.2, -0.15) is 0 Å². The summed E-state index contributed by atoms with van der Waals surface area (Å²) in [5.74, 6) is 1.17. The van der Waals surface area contributed by atoms with E-state index in [0.717, 1.165) is 28.1 Å². The second kappa shape index (κ2) is 9.37. The number of furan rings is 1. The molecule has 4 aromatic rings. The van der Waals surface area contributed by atoms with E-state index in [4.69, 9.17) is 21.0 Å². The van der Waals surface area contributed by atoms with Gasteiger partial charge in [0.2, 0.25) is 0 Å². The highest BCUT2D eigenvalue weighted by Gasteiger charge is 2.35. The molecule has 1 aliphatic heterocycles. The van der Waals surface area contributed by atoms with Crippen LogP contribution in [0.3, 0.4) is 0 Å². The van der Waals surface area contributed by atoms with Crippen molar-refractivity contribution < 1.29 is 9.21 Å². The van der Waals surface area contributed by atoms with Crippen LogP contribution in [-0.4, -0.2) is 11.1 Å². The Morgan fingerprint density at radius 1 is 0.853 bits per heavy atom. The topological polar surface area (TPSA) is 45.8 Å². The molecule has 1 saturated heterocycles. The van der Waals surface area contributed by atoms with E-state index in [1.165, 1.54) is 11.8 Å². The SMILES string of the molecule is Cc1ccc(N=C2SC(=Cc3ccc(-c4ccc(Cl)cc4)o3)C(=O)N2c2ccc(C)cc2)cc1. The van der Waals surface area contributed by atoms with E-state index in [2.05, 4.69) is 0 Å². The number of thioether (sulfide) groups is 1. The third-order valence-corrected chi connectivity index (χ3v) is 6.61. The van der Waals surface area contributed by atoms with Crippen molar-refractivity contribution in [1.82, 2.24) is 0 Å². The minimum absolute atomic E-state index is 0.135. The van der Waals surface area contributed by atoms with E-state index in [1.54, 1.807) is 11.0 Å². The van der Waals surface area contributed by atoms with Gasteiger partial charge in [-0.05, 0) is 86.3 Å². The molecule has 1 fully saturated rings. The van der Waals surface area contributed by atoms with E-state index in [9.17, 15) is 4.79 Å². The molecule has 5 rings (SSSR count). The first-order valence-corrected chi connectivity index (χ1v) is 12.0. The summed E-state index contributed by atoms with van der Waals surface area (Å²) in [6.07, 6.45) is 1.77. The Morgan fingerprint density at radius 3 is 2.18 bits per heavy atom. The number of nitrogens with zero attached hydrogens (tertiary/aromatic N) is 2. The van der Waals surface area contributed by atoms with Gasteiger partial charge in [0.15, 0.2) is 5.17 Å². The van der Waals surface area contributed by atoms with Crippen LogP contribution >= 0.6 is 23.4 Å². The molecule has 2 heterocycles. The molecule has 0 saturated carbocycles. The second-order valence-corrected chi connectivity index (χ2v) is 9.47. The summed E-state index contributed by atoms with van der Waals surface area (Å²) in [6, 6.07) is 27.0. The first-order valence-electron chi connectivity index (χ1n) is 10.8. The van der Waals surface area contributed by atoms with Crippen molar-refractivity contribution in [1.29, 1.82) is 0 Å². The number of carbonyl (C=O) groups is 1. The van der Waals surface area contributed by atoms with Gasteiger partial charge >= 0.3 is 0 Å². The quantitative estimate of drug-likeness (QED) is 0.275. The smallest absolute Gasteiger partial charge is 0.271 e. The Balaban J connectivity index is 1.50. The van der Waals surface area contributed by atoms with Crippen LogP contribution in [0, 0.1) is 13.8 Å². The molecule has 3 aromatic carbocycles. The predicted octanol–water partition coefficient (Wildman–Crippen LogP) is 8.03. The van der Waals surface area contributed by atoms with Crippen molar-refractivity contribution in [3.05, 3.63) is 112 Å². The Hall–Kier alpha value is -3.54. The molecule has 0 atom stereocenters. The molecule has 0 unspecified atom stereocenters. The predicted molar refractivity (Wildman–Crippen MR) is 142 cm³/mol. The zero-order valence-electron chi connectivity index (χ0n) is 18.7. The van der Waals surface area contributed by atoms with Gasteiger partial charge in [0, 0.05) is 16.7 Å². The van der Waals surface area contributed by atoms with E-state index >= 15 is 0 Å². The fourth-order valence-corrected chi connectivity index (χ4v) is 4.64. The van der Waals surface area contributed by atoms with Crippen molar-refractivity contribution in [2.45, 2.75) is 13.8 Å². The van der Waals surface area contributed by atoms with Crippen molar-refractivity contribution in [3.63, 3.8) is 0 Å². The van der Waals surface area contributed by atoms with E-state index in [-0.39, 0.29) is 5.91 Å². The summed E-state index contributed by atoms with van der Waals surface area (Å²) in [5.41, 5.74) is 4.77. The summed E-state index contributed by atoms with van der Waals surface area (Å²) in [4.78, 5) is 20.4. The molecule has 1 amide bonds. The van der Waals surface area contributed by atoms with Gasteiger partial charge in [0.25, 0.3) is 5.91 Å². The highest BCUT2D eigenvalue weighted by atomic mass is 35.5. The number of aryl methyl sites for hydroxylation is 2. The largest absolute Gasteiger partial charge is 0.457 e. The third-order valence-electron chi connectivity index (χ3n) is 5.39.